The summed E-state index contributed by atoms with van der Waals surface area (Å²) < 4.78 is 23.2. The summed E-state index contributed by atoms with van der Waals surface area (Å²) in [6, 6.07) is 0. The van der Waals surface area contributed by atoms with E-state index in [-0.39, 0.29) is 25.2 Å². The Morgan fingerprint density at radius 2 is 1.82 bits per heavy atom. The maximum atomic E-state index is 13.7. The van der Waals surface area contributed by atoms with E-state index in [2.05, 4.69) is 0 Å². The number of carbonyl (C=O) groups excluding carboxylic acids is 4. The van der Waals surface area contributed by atoms with Crippen molar-refractivity contribution >= 4 is 23.7 Å². The van der Waals surface area contributed by atoms with Crippen LogP contribution in [0.25, 0.3) is 0 Å². The quantitative estimate of drug-likeness (QED) is 0.263. The van der Waals surface area contributed by atoms with Crippen LogP contribution in [0, 0.1) is 28.6 Å². The van der Waals surface area contributed by atoms with Gasteiger partial charge in [0.15, 0.2) is 11.5 Å². The van der Waals surface area contributed by atoms with Crippen LogP contribution in [0.4, 0.5) is 0 Å². The first-order valence-electron chi connectivity index (χ1n) is 13.3. The van der Waals surface area contributed by atoms with Gasteiger partial charge in [0.1, 0.15) is 12.2 Å². The fourth-order valence-corrected chi connectivity index (χ4v) is 8.40. The Kier molecular flexibility index (Phi) is 6.32. The molecule has 2 aliphatic heterocycles. The van der Waals surface area contributed by atoms with Gasteiger partial charge in [-0.3, -0.25) is 4.79 Å². The number of ketones is 1. The predicted octanol–water partition coefficient (Wildman–Crippen LogP) is 1.30. The molecular formula is C28H36O11. The van der Waals surface area contributed by atoms with Crippen molar-refractivity contribution in [3.8, 4) is 0 Å². The van der Waals surface area contributed by atoms with Gasteiger partial charge in [-0.25, -0.2) is 14.4 Å². The molecule has 1 spiro atoms. The SMILES string of the molecule is CC(C)=CC(=O)O[C@H]1C(=O)O[C@@H]2C[C@H]3C(C)=C(O)C(=O)C[C@]3(C)C3[C@@H](O)[C@H](O)[C@@]4(C(=O)OC(C)C)OC[C@]32[C@@H]14. The Labute approximate surface area is 226 Å². The summed E-state index contributed by atoms with van der Waals surface area (Å²) in [5, 5.41) is 33.9. The smallest absolute Gasteiger partial charge is 0.348 e. The largest absolute Gasteiger partial charge is 0.504 e. The number of ether oxygens (including phenoxy) is 4. The monoisotopic (exact) mass is 548 g/mol. The van der Waals surface area contributed by atoms with Gasteiger partial charge < -0.3 is 34.3 Å². The summed E-state index contributed by atoms with van der Waals surface area (Å²) in [7, 11) is 0. The number of aliphatic hydroxyl groups excluding tert-OH is 3. The van der Waals surface area contributed by atoms with E-state index in [1.807, 2.05) is 0 Å². The molecule has 11 nitrogen and oxygen atoms in total. The molecule has 4 fully saturated rings. The van der Waals surface area contributed by atoms with Crippen LogP contribution in [0.15, 0.2) is 23.0 Å². The molecule has 0 aromatic rings. The Bertz CT molecular complexity index is 1200. The molecule has 2 saturated carbocycles. The van der Waals surface area contributed by atoms with Crippen LogP contribution in [0.1, 0.15) is 54.4 Å². The molecular weight excluding hydrogens is 512 g/mol. The van der Waals surface area contributed by atoms with E-state index < -0.39 is 88.4 Å². The summed E-state index contributed by atoms with van der Waals surface area (Å²) in [4.78, 5) is 52.9. The van der Waals surface area contributed by atoms with E-state index in [0.29, 0.717) is 11.1 Å². The third-order valence-corrected chi connectivity index (χ3v) is 9.65. The summed E-state index contributed by atoms with van der Waals surface area (Å²) in [6.45, 7) is 9.77. The van der Waals surface area contributed by atoms with Gasteiger partial charge in [-0.2, -0.15) is 0 Å². The number of aliphatic hydroxyl groups is 3. The summed E-state index contributed by atoms with van der Waals surface area (Å²) >= 11 is 0. The lowest BCUT2D eigenvalue weighted by atomic mass is 9.38. The Morgan fingerprint density at radius 1 is 1.15 bits per heavy atom. The first-order valence-corrected chi connectivity index (χ1v) is 13.3. The highest BCUT2D eigenvalue weighted by Gasteiger charge is 2.85. The molecule has 3 aliphatic carbocycles. The predicted molar refractivity (Wildman–Crippen MR) is 132 cm³/mol. The Hall–Kier alpha value is -2.76. The number of allylic oxidation sites excluding steroid dienone is 3. The van der Waals surface area contributed by atoms with Crippen LogP contribution < -0.4 is 0 Å². The fourth-order valence-electron chi connectivity index (χ4n) is 8.40. The normalized spacial score (nSPS) is 44.3. The molecule has 10 atom stereocenters. The van der Waals surface area contributed by atoms with Crippen molar-refractivity contribution in [1.82, 2.24) is 0 Å². The second-order valence-corrected chi connectivity index (χ2v) is 12.5. The van der Waals surface area contributed by atoms with E-state index in [1.165, 1.54) is 6.08 Å². The lowest BCUT2D eigenvalue weighted by Gasteiger charge is -2.67. The van der Waals surface area contributed by atoms with Gasteiger partial charge in [0.2, 0.25) is 11.7 Å². The number of fused-ring (bicyclic) bond motifs is 2. The van der Waals surface area contributed by atoms with Crippen molar-refractivity contribution in [3.05, 3.63) is 23.0 Å². The molecule has 214 valence electrons. The number of hydrogen-bond acceptors (Lipinski definition) is 11. The average Bonchev–Trinajstić information content (AvgIpc) is 3.13. The number of Topliss-reactive ketones (excluding diaryl/α,β-unsaturated/α-hetero) is 1. The van der Waals surface area contributed by atoms with Crippen LogP contribution in [-0.2, 0) is 38.1 Å². The van der Waals surface area contributed by atoms with Crippen LogP contribution in [0.2, 0.25) is 0 Å². The first-order chi connectivity index (χ1) is 18.1. The Morgan fingerprint density at radius 3 is 2.44 bits per heavy atom. The maximum Gasteiger partial charge on any atom is 0.348 e. The van der Waals surface area contributed by atoms with E-state index in [4.69, 9.17) is 18.9 Å². The standard InChI is InChI=1S/C28H36O11/c1-11(2)7-17(30)39-20-22-27-10-36-28(22,25(35)37-12(3)4)23(33)19(32)21(27)26(6)9-15(29)18(31)13(5)14(26)8-16(27)38-24(20)34/h7,12,14,16,19-23,31-33H,8-10H2,1-6H3/t14-,16+,19+,20+,21?,22+,23-,26-,27+,28-/m0/s1. The highest BCUT2D eigenvalue weighted by molar-refractivity contribution is 5.95. The third kappa shape index (κ3) is 3.52. The molecule has 0 aromatic carbocycles. The zero-order valence-corrected chi connectivity index (χ0v) is 22.9. The second-order valence-electron chi connectivity index (χ2n) is 12.5. The van der Waals surface area contributed by atoms with Crippen molar-refractivity contribution < 1.29 is 53.4 Å². The lowest BCUT2D eigenvalue weighted by Crippen LogP contribution is -2.79. The molecule has 2 heterocycles. The van der Waals surface area contributed by atoms with Crippen LogP contribution in [-0.4, -0.2) is 81.7 Å². The van der Waals surface area contributed by atoms with Crippen LogP contribution in [0.5, 0.6) is 0 Å². The van der Waals surface area contributed by atoms with Gasteiger partial charge in [0, 0.05) is 23.8 Å². The van der Waals surface area contributed by atoms with E-state index in [1.54, 1.807) is 41.5 Å². The minimum Gasteiger partial charge on any atom is -0.504 e. The molecule has 0 radical (unpaired) electrons. The van der Waals surface area contributed by atoms with Crippen molar-refractivity contribution in [3.63, 3.8) is 0 Å². The van der Waals surface area contributed by atoms with E-state index >= 15 is 0 Å². The molecule has 5 aliphatic rings. The molecule has 2 saturated heterocycles. The zero-order chi connectivity index (χ0) is 28.8. The van der Waals surface area contributed by atoms with Crippen molar-refractivity contribution in [2.45, 2.75) is 90.5 Å². The zero-order valence-electron chi connectivity index (χ0n) is 22.9. The van der Waals surface area contributed by atoms with E-state index in [0.717, 1.165) is 0 Å². The van der Waals surface area contributed by atoms with Gasteiger partial charge in [-0.05, 0) is 57.9 Å². The molecule has 5 rings (SSSR count). The molecule has 3 N–H and O–H groups in total. The molecule has 1 unspecified atom stereocenters. The van der Waals surface area contributed by atoms with Crippen molar-refractivity contribution in [2.24, 2.45) is 28.6 Å². The van der Waals surface area contributed by atoms with Gasteiger partial charge in [-0.1, -0.05) is 12.5 Å². The number of rotatable bonds is 4. The third-order valence-electron chi connectivity index (χ3n) is 9.65. The maximum absolute atomic E-state index is 13.7. The van der Waals surface area contributed by atoms with Crippen LogP contribution >= 0.6 is 0 Å². The van der Waals surface area contributed by atoms with E-state index in [9.17, 15) is 34.5 Å². The van der Waals surface area contributed by atoms with Gasteiger partial charge in [-0.15, -0.1) is 0 Å². The molecule has 11 heteroatoms. The first kappa shape index (κ1) is 27.8. The van der Waals surface area contributed by atoms with Gasteiger partial charge >= 0.3 is 17.9 Å². The molecule has 0 aromatic heterocycles. The minimum absolute atomic E-state index is 0.143. The highest BCUT2D eigenvalue weighted by Crippen LogP contribution is 2.72. The second kappa shape index (κ2) is 8.87. The average molecular weight is 549 g/mol. The van der Waals surface area contributed by atoms with Crippen molar-refractivity contribution in [1.29, 1.82) is 0 Å². The highest BCUT2D eigenvalue weighted by atomic mass is 16.6. The number of hydrogen-bond donors (Lipinski definition) is 3. The summed E-state index contributed by atoms with van der Waals surface area (Å²) in [5.74, 6) is -6.28. The molecule has 39 heavy (non-hydrogen) atoms. The summed E-state index contributed by atoms with van der Waals surface area (Å²) in [6.07, 6.45) is -5.44. The topological polar surface area (TPSA) is 166 Å². The molecule has 0 amide bonds. The Balaban J connectivity index is 1.74. The number of carbonyl (C=O) groups is 4. The summed E-state index contributed by atoms with van der Waals surface area (Å²) in [5.41, 5.74) is -3.53. The lowest BCUT2D eigenvalue weighted by molar-refractivity contribution is -0.291. The van der Waals surface area contributed by atoms with Crippen molar-refractivity contribution in [2.75, 3.05) is 6.61 Å². The molecule has 2 bridgehead atoms. The fraction of sp³-hybridized carbons (Fsp3) is 0.714. The van der Waals surface area contributed by atoms with Crippen LogP contribution in [0.3, 0.4) is 0 Å². The van der Waals surface area contributed by atoms with Gasteiger partial charge in [0.25, 0.3) is 0 Å². The van der Waals surface area contributed by atoms with Gasteiger partial charge in [0.05, 0.1) is 24.7 Å². The minimum atomic E-state index is -2.23. The number of esters is 3.